The van der Waals surface area contributed by atoms with Crippen LogP contribution in [0, 0.1) is 5.82 Å². The molecule has 1 fully saturated rings. The van der Waals surface area contributed by atoms with Gasteiger partial charge in [-0.2, -0.15) is 0 Å². The number of thioether (sulfide) groups is 1. The van der Waals surface area contributed by atoms with Crippen molar-refractivity contribution in [2.75, 3.05) is 12.9 Å². The lowest BCUT2D eigenvalue weighted by molar-refractivity contribution is -0.154. The Hall–Kier alpha value is -2.48. The normalized spacial score (nSPS) is 19.4. The van der Waals surface area contributed by atoms with Crippen molar-refractivity contribution >= 4 is 23.6 Å². The van der Waals surface area contributed by atoms with E-state index >= 15 is 0 Å². The van der Waals surface area contributed by atoms with E-state index in [1.54, 1.807) is 12.1 Å². The molecule has 2 atom stereocenters. The minimum atomic E-state index is -0.729. The van der Waals surface area contributed by atoms with Crippen LogP contribution < -0.4 is 4.74 Å². The van der Waals surface area contributed by atoms with E-state index in [2.05, 4.69) is 0 Å². The second-order valence-corrected chi connectivity index (χ2v) is 6.82. The maximum atomic E-state index is 13.4. The Bertz CT molecular complexity index is 795. The number of hydrogen-bond donors (Lipinski definition) is 0. The van der Waals surface area contributed by atoms with Gasteiger partial charge in [-0.05, 0) is 30.3 Å². The molecule has 0 bridgehead atoms. The first kappa shape index (κ1) is 18.3. The number of nitrogens with zero attached hydrogens (tertiary/aromatic N) is 1. The molecule has 1 aromatic carbocycles. The maximum Gasteiger partial charge on any atom is 0.330 e. The summed E-state index contributed by atoms with van der Waals surface area (Å²) < 4.78 is 29.3. The highest BCUT2D eigenvalue weighted by Gasteiger charge is 2.43. The van der Waals surface area contributed by atoms with Crippen LogP contribution in [0.1, 0.15) is 23.6 Å². The Morgan fingerprint density at radius 2 is 2.19 bits per heavy atom. The second-order valence-electron chi connectivity index (χ2n) is 5.71. The average Bonchev–Trinajstić information content (AvgIpc) is 3.28. The number of furan rings is 1. The molecular weight excluding hydrogens is 361 g/mol. The summed E-state index contributed by atoms with van der Waals surface area (Å²) in [4.78, 5) is 26.1. The van der Waals surface area contributed by atoms with E-state index in [9.17, 15) is 14.0 Å². The average molecular weight is 379 g/mol. The monoisotopic (exact) mass is 379 g/mol. The fourth-order valence-electron chi connectivity index (χ4n) is 2.83. The van der Waals surface area contributed by atoms with Crippen molar-refractivity contribution in [1.82, 2.24) is 4.90 Å². The molecule has 1 aliphatic heterocycles. The van der Waals surface area contributed by atoms with Gasteiger partial charge in [0.25, 0.3) is 0 Å². The predicted molar refractivity (Wildman–Crippen MR) is 93.0 cm³/mol. The van der Waals surface area contributed by atoms with Crippen molar-refractivity contribution in [1.29, 1.82) is 0 Å². The van der Waals surface area contributed by atoms with Crippen LogP contribution in [-0.2, 0) is 20.9 Å². The van der Waals surface area contributed by atoms with Crippen molar-refractivity contribution in [3.8, 4) is 5.75 Å². The molecule has 0 saturated carbocycles. The topological polar surface area (TPSA) is 69.0 Å². The maximum absolute atomic E-state index is 13.4. The molecule has 6 nitrogen and oxygen atoms in total. The number of hydrogen-bond acceptors (Lipinski definition) is 6. The third-order valence-corrected chi connectivity index (χ3v) is 5.32. The van der Waals surface area contributed by atoms with Crippen molar-refractivity contribution < 1.29 is 27.9 Å². The van der Waals surface area contributed by atoms with Gasteiger partial charge in [0, 0.05) is 18.2 Å². The van der Waals surface area contributed by atoms with E-state index in [1.807, 2.05) is 0 Å². The molecule has 1 aliphatic rings. The van der Waals surface area contributed by atoms with Crippen molar-refractivity contribution in [3.05, 3.63) is 53.7 Å². The molecule has 1 amide bonds. The first-order valence-electron chi connectivity index (χ1n) is 7.94. The zero-order valence-electron chi connectivity index (χ0n) is 14.3. The zero-order valence-corrected chi connectivity index (χ0v) is 15.1. The molecule has 2 heterocycles. The van der Waals surface area contributed by atoms with E-state index in [-0.39, 0.29) is 17.9 Å². The van der Waals surface area contributed by atoms with Gasteiger partial charge in [-0.15, -0.1) is 11.8 Å². The van der Waals surface area contributed by atoms with E-state index in [4.69, 9.17) is 13.9 Å². The van der Waals surface area contributed by atoms with Gasteiger partial charge >= 0.3 is 5.97 Å². The number of carbonyl (C=O) groups is 2. The highest BCUT2D eigenvalue weighted by Crippen LogP contribution is 2.41. The number of esters is 1. The molecule has 0 radical (unpaired) electrons. The lowest BCUT2D eigenvalue weighted by atomic mass is 10.2. The van der Waals surface area contributed by atoms with Gasteiger partial charge in [-0.25, -0.2) is 9.18 Å². The highest BCUT2D eigenvalue weighted by atomic mass is 32.2. The smallest absolute Gasteiger partial charge is 0.330 e. The van der Waals surface area contributed by atoms with Crippen LogP contribution in [0.5, 0.6) is 5.75 Å². The molecule has 0 unspecified atom stereocenters. The summed E-state index contributed by atoms with van der Waals surface area (Å²) in [5.41, 5.74) is 0.420. The van der Waals surface area contributed by atoms with Gasteiger partial charge < -0.3 is 18.8 Å². The fraction of sp³-hybridized carbons (Fsp3) is 0.333. The van der Waals surface area contributed by atoms with Crippen LogP contribution in [-0.4, -0.2) is 35.7 Å². The minimum Gasteiger partial charge on any atom is -0.496 e. The molecule has 1 aromatic heterocycles. The van der Waals surface area contributed by atoms with Crippen LogP contribution >= 0.6 is 11.8 Å². The second kappa shape index (κ2) is 7.82. The quantitative estimate of drug-likeness (QED) is 0.744. The molecule has 0 spiro atoms. The Kier molecular flexibility index (Phi) is 5.51. The van der Waals surface area contributed by atoms with Gasteiger partial charge in [0.1, 0.15) is 35.3 Å². The Labute approximate surface area is 154 Å². The number of benzene rings is 1. The first-order chi connectivity index (χ1) is 12.5. The number of ether oxygens (including phenoxy) is 2. The molecule has 0 N–H and O–H groups in total. The third kappa shape index (κ3) is 3.70. The molecule has 8 heteroatoms. The lowest BCUT2D eigenvalue weighted by Crippen LogP contribution is -2.42. The Morgan fingerprint density at radius 1 is 1.38 bits per heavy atom. The fourth-order valence-corrected chi connectivity index (χ4v) is 4.24. The SMILES string of the molecule is COc1ccc(F)cc1COC(=O)[C@@H]1CS[C@@H](c2ccco2)N1C(C)=O. The van der Waals surface area contributed by atoms with Crippen LogP contribution in [0.3, 0.4) is 0 Å². The standard InChI is InChI=1S/C18H18FNO5S/c1-11(21)20-14(10-26-17(20)16-4-3-7-24-16)18(22)25-9-12-8-13(19)5-6-15(12)23-2/h3-8,14,17H,9-10H2,1-2H3/t14-,17-/m0/s1. The van der Waals surface area contributed by atoms with E-state index in [0.717, 1.165) is 0 Å². The molecule has 3 rings (SSSR count). The summed E-state index contributed by atoms with van der Waals surface area (Å²) in [5, 5.41) is -0.372. The van der Waals surface area contributed by atoms with Gasteiger partial charge in [-0.3, -0.25) is 4.79 Å². The summed E-state index contributed by atoms with van der Waals surface area (Å²) in [6.45, 7) is 1.26. The molecule has 0 aliphatic carbocycles. The minimum absolute atomic E-state index is 0.141. The third-order valence-electron chi connectivity index (χ3n) is 4.04. The van der Waals surface area contributed by atoms with E-state index in [0.29, 0.717) is 22.8 Å². The molecule has 2 aromatic rings. The van der Waals surface area contributed by atoms with Crippen LogP contribution in [0.4, 0.5) is 4.39 Å². The molecule has 1 saturated heterocycles. The first-order valence-corrected chi connectivity index (χ1v) is 8.99. The van der Waals surface area contributed by atoms with E-state index < -0.39 is 17.8 Å². The van der Waals surface area contributed by atoms with Crippen molar-refractivity contribution in [3.63, 3.8) is 0 Å². The summed E-state index contributed by atoms with van der Waals surface area (Å²) in [7, 11) is 1.46. The molecule has 138 valence electrons. The summed E-state index contributed by atoms with van der Waals surface area (Å²) in [5.74, 6) is 0.180. The van der Waals surface area contributed by atoms with Crippen LogP contribution in [0.25, 0.3) is 0 Å². The summed E-state index contributed by atoms with van der Waals surface area (Å²) >= 11 is 1.43. The predicted octanol–water partition coefficient (Wildman–Crippen LogP) is 3.13. The highest BCUT2D eigenvalue weighted by molar-refractivity contribution is 7.99. The number of rotatable bonds is 5. The van der Waals surface area contributed by atoms with Gasteiger partial charge in [0.2, 0.25) is 5.91 Å². The Morgan fingerprint density at radius 3 is 2.85 bits per heavy atom. The van der Waals surface area contributed by atoms with Gasteiger partial charge in [0.05, 0.1) is 13.4 Å². The van der Waals surface area contributed by atoms with Gasteiger partial charge in [0.15, 0.2) is 0 Å². The summed E-state index contributed by atoms with van der Waals surface area (Å²) in [6, 6.07) is 6.76. The number of halogens is 1. The lowest BCUT2D eigenvalue weighted by Gasteiger charge is -2.25. The van der Waals surface area contributed by atoms with Gasteiger partial charge in [-0.1, -0.05) is 0 Å². The van der Waals surface area contributed by atoms with E-state index in [1.165, 1.54) is 55.2 Å². The largest absolute Gasteiger partial charge is 0.496 e. The zero-order chi connectivity index (χ0) is 18.7. The number of methoxy groups -OCH3 is 1. The van der Waals surface area contributed by atoms with Crippen molar-refractivity contribution in [2.45, 2.75) is 24.9 Å². The Balaban J connectivity index is 1.71. The molecule has 26 heavy (non-hydrogen) atoms. The van der Waals surface area contributed by atoms with Crippen molar-refractivity contribution in [2.24, 2.45) is 0 Å². The number of carbonyl (C=O) groups excluding carboxylic acids is 2. The van der Waals surface area contributed by atoms with Crippen LogP contribution in [0.15, 0.2) is 41.0 Å². The van der Waals surface area contributed by atoms with Crippen LogP contribution in [0.2, 0.25) is 0 Å². The summed E-state index contributed by atoms with van der Waals surface area (Å²) in [6.07, 6.45) is 1.52. The number of amides is 1. The molecular formula is C18H18FNO5S.